The minimum absolute atomic E-state index is 0.106. The summed E-state index contributed by atoms with van der Waals surface area (Å²) < 4.78 is 5.47. The topological polar surface area (TPSA) is 201 Å². The third-order valence-electron chi connectivity index (χ3n) is 21.4. The molecule has 3 aromatic heterocycles. The number of hydrogen-bond acceptors (Lipinski definition) is 9. The number of halogens is 9. The first-order chi connectivity index (χ1) is 55.8. The first-order valence-electron chi connectivity index (χ1n) is 38.7. The molecule has 0 bridgehead atoms. The fraction of sp³-hybridized carbons (Fsp3) is 0.275. The highest BCUT2D eigenvalue weighted by molar-refractivity contribution is 6.37. The van der Waals surface area contributed by atoms with Gasteiger partial charge in [0.1, 0.15) is 0 Å². The molecule has 12 aromatic rings. The van der Waals surface area contributed by atoms with E-state index in [1.165, 1.54) is 0 Å². The zero-order valence-electron chi connectivity index (χ0n) is 62.8. The minimum atomic E-state index is -0.545. The molecule has 3 amide bonds. The number of rotatable bonds is 22. The quantitative estimate of drug-likeness (QED) is 0.0357. The van der Waals surface area contributed by atoms with Crippen molar-refractivity contribution in [2.75, 3.05) is 19.8 Å². The number of nitrogens with one attached hydrogen (secondary N) is 3. The van der Waals surface area contributed by atoms with Crippen LogP contribution < -0.4 is 16.0 Å². The van der Waals surface area contributed by atoms with E-state index in [1.807, 2.05) is 178 Å². The maximum absolute atomic E-state index is 13.7. The third-order valence-corrected chi connectivity index (χ3v) is 23.7. The number of nitrogens with zero attached hydrogens (tertiary/aromatic N) is 6. The van der Waals surface area contributed by atoms with Crippen molar-refractivity contribution < 1.29 is 29.7 Å². The number of amides is 3. The average molecular weight is 1720 g/mol. The van der Waals surface area contributed by atoms with E-state index in [0.717, 1.165) is 163 Å². The Morgan fingerprint density at radius 2 is 0.652 bits per heavy atom. The lowest BCUT2D eigenvalue weighted by Gasteiger charge is -2.19. The number of aliphatic hydroxyl groups excluding tert-OH is 3. The maximum atomic E-state index is 13.7. The molecule has 0 radical (unpaired) electrons. The molecule has 115 heavy (non-hydrogen) atoms. The number of aromatic nitrogens is 6. The molecule has 15 nitrogen and oxygen atoms in total. The average Bonchev–Trinajstić information content (AvgIpc) is 1.63. The lowest BCUT2D eigenvalue weighted by Crippen LogP contribution is -2.39. The van der Waals surface area contributed by atoms with E-state index in [2.05, 4.69) is 34.1 Å². The Balaban J connectivity index is 0.000000150. The lowest BCUT2D eigenvalue weighted by molar-refractivity contribution is 0.0902. The van der Waals surface area contributed by atoms with Gasteiger partial charge in [0, 0.05) is 64.6 Å². The van der Waals surface area contributed by atoms with Gasteiger partial charge in [-0.05, 0) is 208 Å². The molecule has 15 rings (SSSR count). The second-order valence-electron chi connectivity index (χ2n) is 29.3. The van der Waals surface area contributed by atoms with Crippen molar-refractivity contribution in [2.24, 2.45) is 0 Å². The Kier molecular flexibility index (Phi) is 29.4. The molecular weight excluding hydrogens is 1630 g/mol. The molecular formula is C91H86Cl9N9O6. The van der Waals surface area contributed by atoms with Gasteiger partial charge in [0.15, 0.2) is 17.1 Å². The van der Waals surface area contributed by atoms with Crippen LogP contribution in [0.4, 0.5) is 0 Å². The van der Waals surface area contributed by atoms with Crippen molar-refractivity contribution in [3.05, 3.63) is 348 Å². The summed E-state index contributed by atoms with van der Waals surface area (Å²) in [5.74, 6) is -0.620. The lowest BCUT2D eigenvalue weighted by atomic mass is 9.91. The largest absolute Gasteiger partial charge is 0.394 e. The van der Waals surface area contributed by atoms with Gasteiger partial charge in [-0.15, -0.1) is 0 Å². The zero-order chi connectivity index (χ0) is 80.7. The number of fused-ring (bicyclic) bond motifs is 3. The van der Waals surface area contributed by atoms with Crippen LogP contribution in [0.5, 0.6) is 0 Å². The van der Waals surface area contributed by atoms with E-state index < -0.39 is 18.1 Å². The summed E-state index contributed by atoms with van der Waals surface area (Å²) in [6, 6.07) is 66.7. The van der Waals surface area contributed by atoms with Crippen LogP contribution in [0.15, 0.2) is 218 Å². The van der Waals surface area contributed by atoms with Gasteiger partial charge in [0.2, 0.25) is 0 Å². The molecule has 6 atom stereocenters. The molecule has 3 aliphatic rings. The highest BCUT2D eigenvalue weighted by Gasteiger charge is 2.36. The number of carbonyl (C=O) groups excluding carboxylic acids is 3. The Hall–Kier alpha value is -8.49. The van der Waals surface area contributed by atoms with Crippen LogP contribution in [0, 0.1) is 0 Å². The van der Waals surface area contributed by atoms with Crippen molar-refractivity contribution in [3.8, 4) is 17.1 Å². The second kappa shape index (κ2) is 40.1. The van der Waals surface area contributed by atoms with E-state index in [9.17, 15) is 29.7 Å². The molecule has 0 saturated heterocycles. The second-order valence-corrected chi connectivity index (χ2v) is 33.1. The monoisotopic (exact) mass is 1720 g/mol. The standard InChI is InChI=1S/C31H30Cl3N3O2.2C30H28Cl3N3O2/c32-23-11-6-9-21(16-23)15-22-10-4-5-12-26-29(31(39)35-25(19-38)17-20-7-2-1-3-8-20)36-37(30(22)26)28-14-13-24(33)18-27(28)34;2*31-22-11-6-7-19(16-22)15-21-10-4-5-12-24-28(30(38)34-26(18-37)20-8-2-1-3-9-20)35-36(29(21)24)27-14-13-23(32)17-25(27)33/h1-3,6-9,11,13-14,16,18,22,25,38H,4-5,10,12,15,17,19H2,(H,35,39);2*1-3,6-9,11,13-14,16-17,21,26,37H,4-5,10,12,15,18H2,(H,34,38)/t22?,25-;21-,26+;21-,26-/m101/s1. The van der Waals surface area contributed by atoms with E-state index in [1.54, 1.807) is 36.4 Å². The molecule has 594 valence electrons. The third kappa shape index (κ3) is 21.1. The van der Waals surface area contributed by atoms with E-state index in [-0.39, 0.29) is 55.3 Å². The van der Waals surface area contributed by atoms with Crippen molar-refractivity contribution in [3.63, 3.8) is 0 Å². The molecule has 3 aliphatic carbocycles. The Labute approximate surface area is 714 Å². The predicted molar refractivity (Wildman–Crippen MR) is 463 cm³/mol. The van der Waals surface area contributed by atoms with Gasteiger partial charge < -0.3 is 31.3 Å². The smallest absolute Gasteiger partial charge is 0.272 e. The number of hydrogen-bond donors (Lipinski definition) is 6. The molecule has 6 N–H and O–H groups in total. The van der Waals surface area contributed by atoms with Crippen molar-refractivity contribution in [1.82, 2.24) is 45.3 Å². The van der Waals surface area contributed by atoms with Gasteiger partial charge in [0.25, 0.3) is 17.7 Å². The van der Waals surface area contributed by atoms with Crippen LogP contribution in [0.25, 0.3) is 17.1 Å². The van der Waals surface area contributed by atoms with Crippen LogP contribution in [0.1, 0.15) is 186 Å². The van der Waals surface area contributed by atoms with Crippen molar-refractivity contribution >= 4 is 122 Å². The van der Waals surface area contributed by atoms with E-state index >= 15 is 0 Å². The zero-order valence-corrected chi connectivity index (χ0v) is 69.6. The molecule has 0 saturated carbocycles. The van der Waals surface area contributed by atoms with Crippen LogP contribution in [0.3, 0.4) is 0 Å². The van der Waals surface area contributed by atoms with E-state index in [0.29, 0.717) is 85.8 Å². The van der Waals surface area contributed by atoms with Crippen LogP contribution in [-0.2, 0) is 44.9 Å². The highest BCUT2D eigenvalue weighted by Crippen LogP contribution is 2.43. The van der Waals surface area contributed by atoms with Crippen LogP contribution >= 0.6 is 104 Å². The summed E-state index contributed by atoms with van der Waals surface area (Å²) in [4.78, 5) is 41.1. The molecule has 0 aliphatic heterocycles. The first kappa shape index (κ1) is 84.4. The summed E-state index contributed by atoms with van der Waals surface area (Å²) in [5.41, 5.74) is 14.9. The fourth-order valence-corrected chi connectivity index (χ4v) is 18.1. The Morgan fingerprint density at radius 3 is 0.957 bits per heavy atom. The normalized spacial score (nSPS) is 15.9. The Bertz CT molecular complexity index is 5160. The van der Waals surface area contributed by atoms with Gasteiger partial charge in [-0.25, -0.2) is 14.0 Å². The minimum Gasteiger partial charge on any atom is -0.394 e. The van der Waals surface area contributed by atoms with Gasteiger partial charge in [-0.2, -0.15) is 15.3 Å². The summed E-state index contributed by atoms with van der Waals surface area (Å²) in [7, 11) is 0. The van der Waals surface area contributed by atoms with Gasteiger partial charge in [-0.3, -0.25) is 14.4 Å². The Morgan fingerprint density at radius 1 is 0.348 bits per heavy atom. The summed E-state index contributed by atoms with van der Waals surface area (Å²) in [6.45, 7) is -0.623. The van der Waals surface area contributed by atoms with Crippen molar-refractivity contribution in [1.29, 1.82) is 0 Å². The maximum Gasteiger partial charge on any atom is 0.272 e. The fourth-order valence-electron chi connectivity index (χ4n) is 16.0. The number of benzene rings is 9. The van der Waals surface area contributed by atoms with Crippen LogP contribution in [-0.4, -0.2) is 88.2 Å². The SMILES string of the molecule is O=C(N[C@@H](CO)Cc1ccccc1)c1nn(-c2ccc(Cl)cc2Cl)c2c1CCCCC2Cc1cccc(Cl)c1.O=C(N[C@H](CO)c1ccccc1)c1nn(-c2ccc(Cl)cc2Cl)c2c1CCCC[C@@H]2Cc1cccc(Cl)c1.O=C(N[C@H](CO)c1ccccc1)c1nn(-c2ccc(Cl)cc2Cl)c2c1CCCC[C@H]2Cc1cccc(Cl)c1. The molecule has 1 unspecified atom stereocenters. The number of aliphatic hydroxyl groups is 3. The molecule has 0 fully saturated rings. The highest BCUT2D eigenvalue weighted by atomic mass is 35.5. The summed E-state index contributed by atoms with van der Waals surface area (Å²) in [6.07, 6.45) is 13.8. The summed E-state index contributed by atoms with van der Waals surface area (Å²) >= 11 is 57.5. The van der Waals surface area contributed by atoms with Gasteiger partial charge in [0.05, 0.1) is 87.2 Å². The summed E-state index contributed by atoms with van der Waals surface area (Å²) in [5, 5.41) is 58.8. The number of carbonyl (C=O) groups is 3. The first-order valence-corrected chi connectivity index (χ1v) is 42.1. The molecule has 24 heteroatoms. The van der Waals surface area contributed by atoms with E-state index in [4.69, 9.17) is 120 Å². The molecule has 9 aromatic carbocycles. The van der Waals surface area contributed by atoms with Gasteiger partial charge >= 0.3 is 0 Å². The molecule has 3 heterocycles. The van der Waals surface area contributed by atoms with Gasteiger partial charge in [-0.1, -0.05) is 251 Å². The molecule has 0 spiro atoms. The van der Waals surface area contributed by atoms with Crippen molar-refractivity contribution in [2.45, 2.75) is 139 Å². The van der Waals surface area contributed by atoms with Crippen LogP contribution in [0.2, 0.25) is 45.2 Å². The predicted octanol–water partition coefficient (Wildman–Crippen LogP) is 21.9.